The molecule has 1 aromatic carbocycles. The molecular weight excluding hydrogens is 398 g/mol. The molecule has 0 radical (unpaired) electrons. The summed E-state index contributed by atoms with van der Waals surface area (Å²) in [5.74, 6) is 0.315. The number of piperidine rings is 1. The Kier molecular flexibility index (Phi) is 5.29. The van der Waals surface area contributed by atoms with Crippen LogP contribution in [0.15, 0.2) is 63.0 Å². The summed E-state index contributed by atoms with van der Waals surface area (Å²) in [6, 6.07) is 10.7. The van der Waals surface area contributed by atoms with Gasteiger partial charge in [-0.1, -0.05) is 18.2 Å². The molecule has 1 saturated heterocycles. The third-order valence-electron chi connectivity index (χ3n) is 4.76. The minimum absolute atomic E-state index is 0.0945. The molecule has 1 aliphatic heterocycles. The van der Waals surface area contributed by atoms with E-state index in [0.717, 1.165) is 5.56 Å². The molecule has 146 valence electrons. The molecule has 1 aliphatic rings. The highest BCUT2D eigenvalue weighted by molar-refractivity contribution is 7.91. The zero-order valence-corrected chi connectivity index (χ0v) is 16.6. The number of rotatable bonds is 5. The summed E-state index contributed by atoms with van der Waals surface area (Å²) in [6.45, 7) is 0.687. The molecular formula is C19H19N3O4S2. The Balaban J connectivity index is 1.38. The average molecular weight is 418 g/mol. The third kappa shape index (κ3) is 3.87. The van der Waals surface area contributed by atoms with Gasteiger partial charge >= 0.3 is 0 Å². The highest BCUT2D eigenvalue weighted by atomic mass is 32.2. The van der Waals surface area contributed by atoms with Gasteiger partial charge in [-0.3, -0.25) is 4.79 Å². The molecule has 7 nitrogen and oxygen atoms in total. The van der Waals surface area contributed by atoms with E-state index in [1.54, 1.807) is 23.7 Å². The number of amides is 1. The molecule has 3 aromatic rings. The lowest BCUT2D eigenvalue weighted by atomic mass is 9.97. The van der Waals surface area contributed by atoms with Gasteiger partial charge in [0.05, 0.1) is 6.20 Å². The third-order valence-corrected chi connectivity index (χ3v) is 8.03. The van der Waals surface area contributed by atoms with Gasteiger partial charge in [-0.25, -0.2) is 13.4 Å². The second kappa shape index (κ2) is 7.86. The van der Waals surface area contributed by atoms with Crippen molar-refractivity contribution in [3.63, 3.8) is 0 Å². The number of hydrogen-bond donors (Lipinski definition) is 1. The first-order chi connectivity index (χ1) is 13.5. The monoisotopic (exact) mass is 417 g/mol. The summed E-state index contributed by atoms with van der Waals surface area (Å²) in [5.41, 5.74) is 1.50. The molecule has 2 aromatic heterocycles. The van der Waals surface area contributed by atoms with Crippen LogP contribution < -0.4 is 5.32 Å². The number of carbonyl (C=O) groups excluding carboxylic acids is 1. The lowest BCUT2D eigenvalue weighted by Crippen LogP contribution is -2.41. The zero-order valence-electron chi connectivity index (χ0n) is 14.9. The summed E-state index contributed by atoms with van der Waals surface area (Å²) in [5, 5.41) is 4.68. The maximum absolute atomic E-state index is 12.6. The van der Waals surface area contributed by atoms with E-state index in [2.05, 4.69) is 10.3 Å². The van der Waals surface area contributed by atoms with E-state index in [1.807, 2.05) is 24.3 Å². The van der Waals surface area contributed by atoms with Crippen molar-refractivity contribution in [3.05, 3.63) is 54.4 Å². The molecule has 28 heavy (non-hydrogen) atoms. The maximum atomic E-state index is 12.6. The SMILES string of the molecule is O=C(Nc1cccc(-c2cnco2)c1)C1CCN(S(=O)(=O)c2cccs2)CC1. The van der Waals surface area contributed by atoms with Gasteiger partial charge in [0.2, 0.25) is 5.91 Å². The fourth-order valence-corrected chi connectivity index (χ4v) is 5.86. The molecule has 0 atom stereocenters. The molecule has 0 bridgehead atoms. The van der Waals surface area contributed by atoms with Crippen molar-refractivity contribution in [2.45, 2.75) is 17.1 Å². The largest absolute Gasteiger partial charge is 0.444 e. The van der Waals surface area contributed by atoms with E-state index >= 15 is 0 Å². The highest BCUT2D eigenvalue weighted by Gasteiger charge is 2.32. The molecule has 0 saturated carbocycles. The van der Waals surface area contributed by atoms with Crippen molar-refractivity contribution in [3.8, 4) is 11.3 Å². The van der Waals surface area contributed by atoms with Crippen LogP contribution in [0, 0.1) is 5.92 Å². The van der Waals surface area contributed by atoms with E-state index in [1.165, 1.54) is 22.0 Å². The molecule has 4 rings (SSSR count). The summed E-state index contributed by atoms with van der Waals surface area (Å²) in [6.07, 6.45) is 3.97. The van der Waals surface area contributed by atoms with Gasteiger partial charge in [0.25, 0.3) is 10.0 Å². The van der Waals surface area contributed by atoms with Crippen molar-refractivity contribution in [1.82, 2.24) is 9.29 Å². The molecule has 1 N–H and O–H groups in total. The Hall–Kier alpha value is -2.49. The van der Waals surface area contributed by atoms with Crippen LogP contribution in [-0.4, -0.2) is 36.7 Å². The molecule has 0 aliphatic carbocycles. The van der Waals surface area contributed by atoms with Crippen LogP contribution >= 0.6 is 11.3 Å². The Bertz CT molecular complexity index is 1040. The first kappa shape index (κ1) is 18.9. The standard InChI is InChI=1S/C19H19N3O4S2/c23-19(21-16-4-1-3-15(11-16)17-12-20-13-26-17)14-6-8-22(9-7-14)28(24,25)18-5-2-10-27-18/h1-5,10-14H,6-9H2,(H,21,23). The Morgan fingerprint density at radius 1 is 1.21 bits per heavy atom. The second-order valence-electron chi connectivity index (χ2n) is 6.55. The van der Waals surface area contributed by atoms with Crippen LogP contribution in [0.5, 0.6) is 0 Å². The summed E-state index contributed by atoms with van der Waals surface area (Å²) >= 11 is 1.21. The molecule has 0 unspecified atom stereocenters. The number of oxazole rings is 1. The maximum Gasteiger partial charge on any atom is 0.252 e. The number of aromatic nitrogens is 1. The Morgan fingerprint density at radius 2 is 2.04 bits per heavy atom. The van der Waals surface area contributed by atoms with E-state index in [4.69, 9.17) is 4.42 Å². The predicted molar refractivity (Wildman–Crippen MR) is 106 cm³/mol. The number of sulfonamides is 1. The quantitative estimate of drug-likeness (QED) is 0.686. The van der Waals surface area contributed by atoms with E-state index in [9.17, 15) is 13.2 Å². The lowest BCUT2D eigenvalue weighted by Gasteiger charge is -2.30. The number of benzene rings is 1. The number of nitrogens with zero attached hydrogens (tertiary/aromatic N) is 2. The van der Waals surface area contributed by atoms with Gasteiger partial charge in [0.1, 0.15) is 4.21 Å². The molecule has 3 heterocycles. The Labute approximate surface area is 167 Å². The number of carbonyl (C=O) groups is 1. The van der Waals surface area contributed by atoms with Crippen LogP contribution in [0.2, 0.25) is 0 Å². The van der Waals surface area contributed by atoms with E-state index in [0.29, 0.717) is 41.6 Å². The van der Waals surface area contributed by atoms with Crippen molar-refractivity contribution < 1.29 is 17.6 Å². The van der Waals surface area contributed by atoms with Gasteiger partial charge in [0.15, 0.2) is 12.2 Å². The topological polar surface area (TPSA) is 92.5 Å². The van der Waals surface area contributed by atoms with Gasteiger partial charge in [-0.15, -0.1) is 11.3 Å². The first-order valence-electron chi connectivity index (χ1n) is 8.87. The number of hydrogen-bond acceptors (Lipinski definition) is 6. The Morgan fingerprint density at radius 3 is 2.71 bits per heavy atom. The molecule has 9 heteroatoms. The van der Waals surface area contributed by atoms with Gasteiger partial charge in [0, 0.05) is 30.3 Å². The minimum atomic E-state index is -3.45. The fourth-order valence-electron chi connectivity index (χ4n) is 3.25. The van der Waals surface area contributed by atoms with Crippen LogP contribution in [0.4, 0.5) is 5.69 Å². The lowest BCUT2D eigenvalue weighted by molar-refractivity contribution is -0.120. The van der Waals surface area contributed by atoms with Crippen LogP contribution in [0.3, 0.4) is 0 Å². The summed E-state index contributed by atoms with van der Waals surface area (Å²) < 4.78 is 32.3. The van der Waals surface area contributed by atoms with Crippen LogP contribution in [0.1, 0.15) is 12.8 Å². The average Bonchev–Trinajstić information content (AvgIpc) is 3.42. The smallest absolute Gasteiger partial charge is 0.252 e. The summed E-state index contributed by atoms with van der Waals surface area (Å²) in [7, 11) is -3.45. The number of anilines is 1. The van der Waals surface area contributed by atoms with Crippen LogP contribution in [0.25, 0.3) is 11.3 Å². The second-order valence-corrected chi connectivity index (χ2v) is 9.66. The number of nitrogens with one attached hydrogen (secondary N) is 1. The first-order valence-corrected chi connectivity index (χ1v) is 11.2. The van der Waals surface area contributed by atoms with E-state index in [-0.39, 0.29) is 11.8 Å². The van der Waals surface area contributed by atoms with Gasteiger partial charge in [-0.05, 0) is 36.4 Å². The molecule has 1 amide bonds. The van der Waals surface area contributed by atoms with Gasteiger partial charge < -0.3 is 9.73 Å². The fraction of sp³-hybridized carbons (Fsp3) is 0.263. The van der Waals surface area contributed by atoms with Crippen molar-refractivity contribution >= 4 is 33.0 Å². The predicted octanol–water partition coefficient (Wildman–Crippen LogP) is 3.44. The summed E-state index contributed by atoms with van der Waals surface area (Å²) in [4.78, 5) is 16.5. The number of thiophene rings is 1. The molecule has 0 spiro atoms. The highest BCUT2D eigenvalue weighted by Crippen LogP contribution is 2.28. The van der Waals surface area contributed by atoms with Crippen molar-refractivity contribution in [2.24, 2.45) is 5.92 Å². The minimum Gasteiger partial charge on any atom is -0.444 e. The zero-order chi connectivity index (χ0) is 19.6. The molecule has 1 fully saturated rings. The van der Waals surface area contributed by atoms with Crippen molar-refractivity contribution in [1.29, 1.82) is 0 Å². The van der Waals surface area contributed by atoms with E-state index < -0.39 is 10.0 Å². The van der Waals surface area contributed by atoms with Crippen molar-refractivity contribution in [2.75, 3.05) is 18.4 Å². The van der Waals surface area contributed by atoms with Gasteiger partial charge in [-0.2, -0.15) is 4.31 Å². The van der Waals surface area contributed by atoms with Crippen LogP contribution in [-0.2, 0) is 14.8 Å². The normalized spacial score (nSPS) is 16.1.